The van der Waals surface area contributed by atoms with Crippen molar-refractivity contribution in [1.82, 2.24) is 0 Å². The lowest BCUT2D eigenvalue weighted by Crippen LogP contribution is -2.05. The van der Waals surface area contributed by atoms with Crippen molar-refractivity contribution < 1.29 is 9.90 Å². The van der Waals surface area contributed by atoms with Gasteiger partial charge in [-0.1, -0.05) is 0 Å². The van der Waals surface area contributed by atoms with Crippen LogP contribution in [-0.2, 0) is 4.79 Å². The number of ketones is 1. The maximum Gasteiger partial charge on any atom is 0.132 e. The molecule has 1 unspecified atom stereocenters. The van der Waals surface area contributed by atoms with E-state index in [-0.39, 0.29) is 12.2 Å². The molecule has 0 aromatic heterocycles. The van der Waals surface area contributed by atoms with Crippen molar-refractivity contribution in [2.45, 2.75) is 19.4 Å². The Morgan fingerprint density at radius 2 is 2.43 bits per heavy atom. The molecule has 0 saturated carbocycles. The van der Waals surface area contributed by atoms with Gasteiger partial charge in [-0.25, -0.2) is 0 Å². The Morgan fingerprint density at radius 1 is 2.00 bits per heavy atom. The summed E-state index contributed by atoms with van der Waals surface area (Å²) >= 11 is 0. The maximum absolute atomic E-state index is 10.1. The van der Waals surface area contributed by atoms with Gasteiger partial charge in [0, 0.05) is 6.42 Å². The van der Waals surface area contributed by atoms with Crippen LogP contribution in [-0.4, -0.2) is 17.0 Å². The van der Waals surface area contributed by atoms with E-state index in [1.165, 1.54) is 6.92 Å². The minimum absolute atomic E-state index is 0.0255. The highest BCUT2D eigenvalue weighted by atomic mass is 16.3. The van der Waals surface area contributed by atoms with E-state index in [1.54, 1.807) is 0 Å². The summed E-state index contributed by atoms with van der Waals surface area (Å²) < 4.78 is 0. The Bertz CT molecular complexity index is 66.5. The summed E-state index contributed by atoms with van der Waals surface area (Å²) in [6.45, 7) is 4.64. The Balaban J connectivity index is 3.13. The Labute approximate surface area is 43.2 Å². The molecule has 0 aromatic rings. The van der Waals surface area contributed by atoms with Crippen molar-refractivity contribution in [3.8, 4) is 0 Å². The molecule has 0 aliphatic rings. The van der Waals surface area contributed by atoms with Crippen LogP contribution in [0.4, 0.5) is 0 Å². The summed E-state index contributed by atoms with van der Waals surface area (Å²) in [6.07, 6.45) is -0.558. The standard InChI is InChI=1S/C5H9O2/c1-4(6)3-5(2)7/h4,6H,1,3H2,2H3. The fourth-order valence-corrected chi connectivity index (χ4v) is 0.332. The van der Waals surface area contributed by atoms with Gasteiger partial charge in [0.05, 0.1) is 6.10 Å². The van der Waals surface area contributed by atoms with Crippen LogP contribution in [0.3, 0.4) is 0 Å². The van der Waals surface area contributed by atoms with Gasteiger partial charge in [-0.05, 0) is 13.8 Å². The van der Waals surface area contributed by atoms with Crippen molar-refractivity contribution >= 4 is 5.78 Å². The molecule has 41 valence electrons. The van der Waals surface area contributed by atoms with E-state index in [0.717, 1.165) is 0 Å². The van der Waals surface area contributed by atoms with E-state index in [9.17, 15) is 4.79 Å². The average molecular weight is 101 g/mol. The third kappa shape index (κ3) is 5.63. The summed E-state index contributed by atoms with van der Waals surface area (Å²) in [6, 6.07) is 0. The number of hydrogen-bond donors (Lipinski definition) is 1. The average Bonchev–Trinajstić information content (AvgIpc) is 1.27. The molecule has 0 rings (SSSR count). The van der Waals surface area contributed by atoms with Crippen LogP contribution in [0.25, 0.3) is 0 Å². The van der Waals surface area contributed by atoms with E-state index in [2.05, 4.69) is 6.92 Å². The smallest absolute Gasteiger partial charge is 0.132 e. The van der Waals surface area contributed by atoms with Crippen LogP contribution >= 0.6 is 0 Å². The lowest BCUT2D eigenvalue weighted by molar-refractivity contribution is -0.118. The minimum Gasteiger partial charge on any atom is -0.393 e. The van der Waals surface area contributed by atoms with Gasteiger partial charge in [0.25, 0.3) is 0 Å². The van der Waals surface area contributed by atoms with Crippen molar-refractivity contribution in [3.05, 3.63) is 6.92 Å². The highest BCUT2D eigenvalue weighted by Gasteiger charge is 1.97. The van der Waals surface area contributed by atoms with E-state index < -0.39 is 6.10 Å². The Morgan fingerprint density at radius 3 is 2.43 bits per heavy atom. The lowest BCUT2D eigenvalue weighted by atomic mass is 10.2. The molecule has 0 amide bonds. The maximum atomic E-state index is 10.1. The molecule has 0 heterocycles. The molecule has 0 spiro atoms. The summed E-state index contributed by atoms with van der Waals surface area (Å²) in [7, 11) is 0. The van der Waals surface area contributed by atoms with E-state index in [0.29, 0.717) is 0 Å². The number of carbonyl (C=O) groups excluding carboxylic acids is 1. The highest BCUT2D eigenvalue weighted by molar-refractivity contribution is 5.75. The molecule has 0 bridgehead atoms. The molecule has 0 aliphatic carbocycles. The van der Waals surface area contributed by atoms with Gasteiger partial charge in [0.2, 0.25) is 0 Å². The van der Waals surface area contributed by atoms with Gasteiger partial charge >= 0.3 is 0 Å². The first-order chi connectivity index (χ1) is 3.13. The monoisotopic (exact) mass is 101 g/mol. The number of hydrogen-bond acceptors (Lipinski definition) is 2. The second-order valence-corrected chi connectivity index (χ2v) is 1.56. The lowest BCUT2D eigenvalue weighted by Gasteiger charge is -1.95. The first-order valence-electron chi connectivity index (χ1n) is 2.13. The van der Waals surface area contributed by atoms with Crippen LogP contribution in [0.2, 0.25) is 0 Å². The topological polar surface area (TPSA) is 37.3 Å². The summed E-state index contributed by atoms with van der Waals surface area (Å²) in [5.41, 5.74) is 0. The molecule has 2 heteroatoms. The second kappa shape index (κ2) is 2.75. The molecule has 0 fully saturated rings. The number of aliphatic hydroxyl groups is 1. The van der Waals surface area contributed by atoms with E-state index in [1.807, 2.05) is 0 Å². The molecule has 7 heavy (non-hydrogen) atoms. The third-order valence-electron chi connectivity index (χ3n) is 0.523. The molecule has 1 radical (unpaired) electrons. The largest absolute Gasteiger partial charge is 0.393 e. The van der Waals surface area contributed by atoms with Crippen LogP contribution in [0.15, 0.2) is 0 Å². The SMILES string of the molecule is [CH2]C(O)CC(C)=O. The van der Waals surface area contributed by atoms with E-state index in [4.69, 9.17) is 5.11 Å². The number of Topliss-reactive ketones (excluding diaryl/α,β-unsaturated/α-hetero) is 1. The molecule has 0 aromatic carbocycles. The van der Waals surface area contributed by atoms with Gasteiger partial charge < -0.3 is 5.11 Å². The fourth-order valence-electron chi connectivity index (χ4n) is 0.332. The van der Waals surface area contributed by atoms with Gasteiger partial charge in [0.15, 0.2) is 0 Å². The molecule has 2 nitrogen and oxygen atoms in total. The van der Waals surface area contributed by atoms with Gasteiger partial charge in [0.1, 0.15) is 5.78 Å². The zero-order chi connectivity index (χ0) is 5.86. The molecule has 1 N–H and O–H groups in total. The number of rotatable bonds is 2. The number of aliphatic hydroxyl groups excluding tert-OH is 1. The summed E-state index contributed by atoms with van der Waals surface area (Å²) in [5, 5.41) is 8.39. The zero-order valence-electron chi connectivity index (χ0n) is 4.35. The minimum atomic E-state index is -0.725. The predicted molar refractivity (Wildman–Crippen MR) is 26.7 cm³/mol. The Kier molecular flexibility index (Phi) is 2.60. The van der Waals surface area contributed by atoms with Crippen molar-refractivity contribution in [2.75, 3.05) is 0 Å². The predicted octanol–water partition coefficient (Wildman–Crippen LogP) is 0.160. The molecule has 0 aliphatic heterocycles. The first kappa shape index (κ1) is 6.63. The summed E-state index contributed by atoms with van der Waals surface area (Å²) in [4.78, 5) is 10.1. The van der Waals surface area contributed by atoms with Crippen molar-refractivity contribution in [2.24, 2.45) is 0 Å². The first-order valence-corrected chi connectivity index (χ1v) is 2.13. The van der Waals surface area contributed by atoms with Crippen LogP contribution in [0, 0.1) is 6.92 Å². The van der Waals surface area contributed by atoms with Crippen molar-refractivity contribution in [3.63, 3.8) is 0 Å². The van der Waals surface area contributed by atoms with Crippen LogP contribution < -0.4 is 0 Å². The van der Waals surface area contributed by atoms with E-state index >= 15 is 0 Å². The van der Waals surface area contributed by atoms with Crippen LogP contribution in [0.1, 0.15) is 13.3 Å². The molecule has 1 atom stereocenters. The third-order valence-corrected chi connectivity index (χ3v) is 0.523. The van der Waals surface area contributed by atoms with Gasteiger partial charge in [-0.2, -0.15) is 0 Å². The van der Waals surface area contributed by atoms with Crippen molar-refractivity contribution in [1.29, 1.82) is 0 Å². The molecular formula is C5H9O2. The normalized spacial score (nSPS) is 13.6. The zero-order valence-corrected chi connectivity index (χ0v) is 4.35. The van der Waals surface area contributed by atoms with Gasteiger partial charge in [-0.15, -0.1) is 0 Å². The number of carbonyl (C=O) groups is 1. The summed E-state index contributed by atoms with van der Waals surface area (Å²) in [5.74, 6) is -0.0255. The molecule has 0 saturated heterocycles. The molecular weight excluding hydrogens is 92.1 g/mol. The second-order valence-electron chi connectivity index (χ2n) is 1.56. The van der Waals surface area contributed by atoms with Gasteiger partial charge in [-0.3, -0.25) is 4.79 Å². The highest BCUT2D eigenvalue weighted by Crippen LogP contribution is 1.87. The Hall–Kier alpha value is -0.370. The quantitative estimate of drug-likeness (QED) is 0.538. The van der Waals surface area contributed by atoms with Crippen LogP contribution in [0.5, 0.6) is 0 Å². The fraction of sp³-hybridized carbons (Fsp3) is 0.600.